The number of ether oxygens (including phenoxy) is 2. The number of fused-ring (bicyclic) bond motifs is 1. The van der Waals surface area contributed by atoms with Crippen molar-refractivity contribution in [3.05, 3.63) is 53.3 Å². The molecule has 1 aliphatic rings. The highest BCUT2D eigenvalue weighted by atomic mass is 19.1. The number of benzene rings is 2. The van der Waals surface area contributed by atoms with E-state index in [1.807, 2.05) is 26.0 Å². The van der Waals surface area contributed by atoms with Crippen LogP contribution in [0.3, 0.4) is 0 Å². The Hall–Kier alpha value is -2.36. The molecule has 0 saturated carbocycles. The lowest BCUT2D eigenvalue weighted by atomic mass is 10.0. The van der Waals surface area contributed by atoms with Crippen LogP contribution >= 0.6 is 0 Å². The number of rotatable bonds is 3. The summed E-state index contributed by atoms with van der Waals surface area (Å²) in [5, 5.41) is 0. The molecule has 0 amide bonds. The Balaban J connectivity index is 1.96. The molecule has 3 nitrogen and oxygen atoms in total. The van der Waals surface area contributed by atoms with E-state index >= 15 is 0 Å². The van der Waals surface area contributed by atoms with Gasteiger partial charge in [-0.1, -0.05) is 12.1 Å². The maximum atomic E-state index is 13.4. The van der Waals surface area contributed by atoms with Crippen LogP contribution in [0.5, 0.6) is 17.2 Å². The number of para-hydroxylation sites is 1. The molecule has 0 unspecified atom stereocenters. The number of carbonyl (C=O) groups is 1. The van der Waals surface area contributed by atoms with Crippen molar-refractivity contribution in [3.8, 4) is 17.2 Å². The van der Waals surface area contributed by atoms with Gasteiger partial charge in [0.05, 0.1) is 0 Å². The second-order valence-corrected chi connectivity index (χ2v) is 5.72. The van der Waals surface area contributed by atoms with Crippen LogP contribution in [0.4, 0.5) is 4.39 Å². The summed E-state index contributed by atoms with van der Waals surface area (Å²) in [4.78, 5) is 10.8. The molecule has 0 radical (unpaired) electrons. The summed E-state index contributed by atoms with van der Waals surface area (Å²) in [5.74, 6) is 0.974. The first-order chi connectivity index (χ1) is 9.97. The van der Waals surface area contributed by atoms with Crippen molar-refractivity contribution < 1.29 is 18.7 Å². The highest BCUT2D eigenvalue weighted by Crippen LogP contribution is 2.43. The molecule has 0 spiro atoms. The lowest BCUT2D eigenvalue weighted by Gasteiger charge is -2.18. The summed E-state index contributed by atoms with van der Waals surface area (Å²) in [5.41, 5.74) is 1.01. The zero-order valence-electron chi connectivity index (χ0n) is 11.9. The first-order valence-electron chi connectivity index (χ1n) is 6.71. The van der Waals surface area contributed by atoms with Crippen LogP contribution in [-0.4, -0.2) is 11.9 Å². The number of carbonyl (C=O) groups excluding carboxylic acids is 1. The van der Waals surface area contributed by atoms with Crippen LogP contribution in [0.1, 0.15) is 29.8 Å². The zero-order chi connectivity index (χ0) is 15.0. The van der Waals surface area contributed by atoms with Gasteiger partial charge >= 0.3 is 0 Å². The van der Waals surface area contributed by atoms with Gasteiger partial charge in [0.15, 0.2) is 11.5 Å². The van der Waals surface area contributed by atoms with Gasteiger partial charge in [-0.15, -0.1) is 0 Å². The topological polar surface area (TPSA) is 35.5 Å². The number of aldehydes is 1. The van der Waals surface area contributed by atoms with Gasteiger partial charge in [0.2, 0.25) is 0 Å². The van der Waals surface area contributed by atoms with E-state index in [1.165, 1.54) is 12.1 Å². The standard InChI is InChI=1S/C17H15FO3/c1-17(2)9-12-4-3-5-15(16(12)21-17)20-14-7-11(10-19)6-13(18)8-14/h3-8,10H,9H2,1-2H3. The summed E-state index contributed by atoms with van der Waals surface area (Å²) in [6.45, 7) is 4.01. The minimum absolute atomic E-state index is 0.235. The van der Waals surface area contributed by atoms with E-state index < -0.39 is 5.82 Å². The summed E-state index contributed by atoms with van der Waals surface area (Å²) in [7, 11) is 0. The van der Waals surface area contributed by atoms with Crippen LogP contribution in [-0.2, 0) is 6.42 Å². The molecule has 0 N–H and O–H groups in total. The van der Waals surface area contributed by atoms with Gasteiger partial charge in [-0.05, 0) is 32.0 Å². The van der Waals surface area contributed by atoms with Gasteiger partial charge in [-0.25, -0.2) is 4.39 Å². The van der Waals surface area contributed by atoms with Crippen LogP contribution in [0, 0.1) is 5.82 Å². The van der Waals surface area contributed by atoms with Crippen molar-refractivity contribution in [2.45, 2.75) is 25.9 Å². The van der Waals surface area contributed by atoms with E-state index in [-0.39, 0.29) is 16.9 Å². The normalized spacial score (nSPS) is 15.2. The highest BCUT2D eigenvalue weighted by molar-refractivity contribution is 5.75. The Morgan fingerprint density at radius 3 is 2.86 bits per heavy atom. The maximum Gasteiger partial charge on any atom is 0.169 e. The molecular weight excluding hydrogens is 271 g/mol. The molecule has 0 fully saturated rings. The molecule has 1 aliphatic heterocycles. The van der Waals surface area contributed by atoms with Crippen molar-refractivity contribution in [1.29, 1.82) is 0 Å². The molecular formula is C17H15FO3. The molecule has 0 bridgehead atoms. The van der Waals surface area contributed by atoms with Gasteiger partial charge in [0.1, 0.15) is 23.5 Å². The van der Waals surface area contributed by atoms with Crippen LogP contribution in [0.2, 0.25) is 0 Å². The van der Waals surface area contributed by atoms with Crippen LogP contribution in [0.25, 0.3) is 0 Å². The molecule has 4 heteroatoms. The fourth-order valence-corrected chi connectivity index (χ4v) is 2.51. The SMILES string of the molecule is CC1(C)Cc2cccc(Oc3cc(F)cc(C=O)c3)c2O1. The third kappa shape index (κ3) is 2.75. The summed E-state index contributed by atoms with van der Waals surface area (Å²) in [6, 6.07) is 9.53. The molecule has 3 rings (SSSR count). The smallest absolute Gasteiger partial charge is 0.169 e. The monoisotopic (exact) mass is 286 g/mol. The van der Waals surface area contributed by atoms with Crippen molar-refractivity contribution in [2.24, 2.45) is 0 Å². The van der Waals surface area contributed by atoms with E-state index in [4.69, 9.17) is 9.47 Å². The number of halogens is 1. The molecule has 1 heterocycles. The Morgan fingerprint density at radius 2 is 2.10 bits per heavy atom. The molecule has 2 aromatic carbocycles. The zero-order valence-corrected chi connectivity index (χ0v) is 11.9. The average molecular weight is 286 g/mol. The average Bonchev–Trinajstić information content (AvgIpc) is 2.73. The van der Waals surface area contributed by atoms with Gasteiger partial charge < -0.3 is 9.47 Å². The van der Waals surface area contributed by atoms with Crippen molar-refractivity contribution in [3.63, 3.8) is 0 Å². The molecule has 0 saturated heterocycles. The summed E-state index contributed by atoms with van der Waals surface area (Å²) >= 11 is 0. The van der Waals surface area contributed by atoms with Crippen molar-refractivity contribution in [1.82, 2.24) is 0 Å². The second kappa shape index (κ2) is 4.88. The predicted octanol–water partition coefficient (Wildman–Crippen LogP) is 4.14. The summed E-state index contributed by atoms with van der Waals surface area (Å²) in [6.07, 6.45) is 1.38. The Kier molecular flexibility index (Phi) is 3.16. The third-order valence-corrected chi connectivity index (χ3v) is 3.31. The highest BCUT2D eigenvalue weighted by Gasteiger charge is 2.32. The first-order valence-corrected chi connectivity index (χ1v) is 6.71. The minimum Gasteiger partial charge on any atom is -0.483 e. The Morgan fingerprint density at radius 1 is 1.29 bits per heavy atom. The van der Waals surface area contributed by atoms with Gasteiger partial charge in [-0.3, -0.25) is 4.79 Å². The summed E-state index contributed by atoms with van der Waals surface area (Å²) < 4.78 is 25.1. The number of hydrogen-bond acceptors (Lipinski definition) is 3. The molecule has 0 aliphatic carbocycles. The van der Waals surface area contributed by atoms with Gasteiger partial charge in [0, 0.05) is 23.6 Å². The fourth-order valence-electron chi connectivity index (χ4n) is 2.51. The van der Waals surface area contributed by atoms with E-state index in [9.17, 15) is 9.18 Å². The van der Waals surface area contributed by atoms with E-state index in [1.54, 1.807) is 6.07 Å². The van der Waals surface area contributed by atoms with E-state index in [0.29, 0.717) is 17.8 Å². The first kappa shape index (κ1) is 13.6. The fraction of sp³-hybridized carbons (Fsp3) is 0.235. The Bertz CT molecular complexity index is 707. The lowest BCUT2D eigenvalue weighted by Crippen LogP contribution is -2.24. The van der Waals surface area contributed by atoms with Crippen molar-refractivity contribution >= 4 is 6.29 Å². The van der Waals surface area contributed by atoms with E-state index in [2.05, 4.69) is 0 Å². The lowest BCUT2D eigenvalue weighted by molar-refractivity contribution is 0.112. The number of hydrogen-bond donors (Lipinski definition) is 0. The molecule has 2 aromatic rings. The van der Waals surface area contributed by atoms with Crippen molar-refractivity contribution in [2.75, 3.05) is 0 Å². The quantitative estimate of drug-likeness (QED) is 0.795. The second-order valence-electron chi connectivity index (χ2n) is 5.72. The minimum atomic E-state index is -0.511. The molecule has 108 valence electrons. The van der Waals surface area contributed by atoms with E-state index in [0.717, 1.165) is 18.1 Å². The van der Waals surface area contributed by atoms with Gasteiger partial charge in [-0.2, -0.15) is 0 Å². The predicted molar refractivity (Wildman–Crippen MR) is 76.7 cm³/mol. The Labute approximate surface area is 122 Å². The molecule has 0 atom stereocenters. The largest absolute Gasteiger partial charge is 0.483 e. The van der Waals surface area contributed by atoms with Gasteiger partial charge in [0.25, 0.3) is 0 Å². The third-order valence-electron chi connectivity index (χ3n) is 3.31. The molecule has 21 heavy (non-hydrogen) atoms. The molecule has 0 aromatic heterocycles. The van der Waals surface area contributed by atoms with Crippen LogP contribution in [0.15, 0.2) is 36.4 Å². The van der Waals surface area contributed by atoms with Crippen LogP contribution < -0.4 is 9.47 Å². The maximum absolute atomic E-state index is 13.4.